The third kappa shape index (κ3) is 6.05. The minimum absolute atomic E-state index is 0.149. The number of rotatable bonds is 6. The number of para-hydroxylation sites is 2. The van der Waals surface area contributed by atoms with E-state index < -0.39 is 0 Å². The van der Waals surface area contributed by atoms with Crippen molar-refractivity contribution in [3.05, 3.63) is 231 Å². The Morgan fingerprint density at radius 3 is 1.47 bits per heavy atom. The third-order valence-corrected chi connectivity index (χ3v) is 15.4. The molecule has 11 aromatic carbocycles. The lowest BCUT2D eigenvalue weighted by molar-refractivity contribution is 1.26. The molecule has 0 spiro atoms. The zero-order chi connectivity index (χ0) is 42.1. The number of fused-ring (bicyclic) bond motifs is 7. The molecule has 0 amide bonds. The zero-order valence-electron chi connectivity index (χ0n) is 34.8. The van der Waals surface area contributed by atoms with Gasteiger partial charge >= 0.3 is 0 Å². The van der Waals surface area contributed by atoms with E-state index in [1.807, 2.05) is 23.5 Å². The molecule has 0 aromatic heterocycles. The molecule has 2 aliphatic rings. The van der Waals surface area contributed by atoms with E-state index in [1.165, 1.54) is 102 Å². The van der Waals surface area contributed by atoms with Crippen LogP contribution in [0.4, 0.5) is 17.1 Å². The lowest BCUT2D eigenvalue weighted by Gasteiger charge is -2.34. The molecule has 298 valence electrons. The lowest BCUT2D eigenvalue weighted by atomic mass is 9.36. The first-order valence-electron chi connectivity index (χ1n) is 21.9. The van der Waals surface area contributed by atoms with Crippen LogP contribution in [0.3, 0.4) is 0 Å². The summed E-state index contributed by atoms with van der Waals surface area (Å²) < 4.78 is 0. The van der Waals surface area contributed by atoms with Gasteiger partial charge in [-0.2, -0.15) is 0 Å². The number of anilines is 3. The number of nitrogens with zero attached hydrogens (tertiary/aromatic N) is 1. The molecular formula is C60H38BNS2. The second kappa shape index (κ2) is 15.2. The topological polar surface area (TPSA) is 3.24 Å². The van der Waals surface area contributed by atoms with Gasteiger partial charge in [-0.3, -0.25) is 0 Å². The Hall–Kier alpha value is -7.24. The molecule has 2 heterocycles. The molecule has 0 fully saturated rings. The number of hydrogen-bond donors (Lipinski definition) is 0. The molecular weight excluding hydrogens is 810 g/mol. The molecule has 0 bridgehead atoms. The molecule has 11 aromatic rings. The van der Waals surface area contributed by atoms with E-state index in [1.54, 1.807) is 0 Å². The summed E-state index contributed by atoms with van der Waals surface area (Å²) in [6.45, 7) is 0.149. The van der Waals surface area contributed by atoms with Crippen LogP contribution >= 0.6 is 23.5 Å². The van der Waals surface area contributed by atoms with Crippen LogP contribution in [-0.2, 0) is 0 Å². The molecule has 0 radical (unpaired) electrons. The van der Waals surface area contributed by atoms with Crippen molar-refractivity contribution in [2.24, 2.45) is 0 Å². The van der Waals surface area contributed by atoms with Crippen molar-refractivity contribution >= 4 is 96.0 Å². The first kappa shape index (κ1) is 37.3. The fraction of sp³-hybridized carbons (Fsp3) is 0. The van der Waals surface area contributed by atoms with Crippen LogP contribution in [0.2, 0.25) is 0 Å². The number of hydrogen-bond acceptors (Lipinski definition) is 3. The smallest absolute Gasteiger partial charge is 0.247 e. The highest BCUT2D eigenvalue weighted by molar-refractivity contribution is 8.01. The Labute approximate surface area is 382 Å². The van der Waals surface area contributed by atoms with Crippen molar-refractivity contribution in [3.63, 3.8) is 0 Å². The summed E-state index contributed by atoms with van der Waals surface area (Å²) in [5, 5.41) is 7.60. The maximum absolute atomic E-state index is 2.50. The summed E-state index contributed by atoms with van der Waals surface area (Å²) in [5.41, 5.74) is 15.2. The van der Waals surface area contributed by atoms with Gasteiger partial charge in [0.25, 0.3) is 0 Å². The van der Waals surface area contributed by atoms with Gasteiger partial charge in [0.05, 0.1) is 0 Å². The highest BCUT2D eigenvalue weighted by Crippen LogP contribution is 2.48. The summed E-state index contributed by atoms with van der Waals surface area (Å²) >= 11 is 3.85. The van der Waals surface area contributed by atoms with Crippen LogP contribution in [0.15, 0.2) is 250 Å². The van der Waals surface area contributed by atoms with Crippen LogP contribution in [0.1, 0.15) is 0 Å². The van der Waals surface area contributed by atoms with Gasteiger partial charge in [0.1, 0.15) is 0 Å². The van der Waals surface area contributed by atoms with Gasteiger partial charge in [0.15, 0.2) is 0 Å². The van der Waals surface area contributed by atoms with E-state index in [0.717, 1.165) is 17.1 Å². The van der Waals surface area contributed by atoms with Gasteiger partial charge in [-0.05, 0) is 126 Å². The van der Waals surface area contributed by atoms with Crippen molar-refractivity contribution in [2.45, 2.75) is 19.6 Å². The Kier molecular flexibility index (Phi) is 8.89. The van der Waals surface area contributed by atoms with E-state index in [-0.39, 0.29) is 6.71 Å². The minimum atomic E-state index is 0.149. The van der Waals surface area contributed by atoms with Gasteiger partial charge in [0.2, 0.25) is 6.71 Å². The molecule has 1 nitrogen and oxygen atoms in total. The average Bonchev–Trinajstić information content (AvgIpc) is 3.36. The van der Waals surface area contributed by atoms with Crippen LogP contribution in [0.5, 0.6) is 0 Å². The lowest BCUT2D eigenvalue weighted by Crippen LogP contribution is -2.58. The first-order valence-corrected chi connectivity index (χ1v) is 23.6. The molecule has 0 saturated carbocycles. The molecule has 0 atom stereocenters. The Bertz CT molecular complexity index is 3520. The first-order chi connectivity index (χ1) is 31.7. The van der Waals surface area contributed by atoms with Crippen molar-refractivity contribution in [1.82, 2.24) is 0 Å². The molecule has 64 heavy (non-hydrogen) atoms. The maximum atomic E-state index is 2.50. The van der Waals surface area contributed by atoms with Crippen LogP contribution in [-0.4, -0.2) is 6.71 Å². The summed E-state index contributed by atoms with van der Waals surface area (Å²) in [4.78, 5) is 7.68. The fourth-order valence-electron chi connectivity index (χ4n) is 10.4. The minimum Gasteiger partial charge on any atom is -0.310 e. The van der Waals surface area contributed by atoms with Crippen LogP contribution in [0, 0.1) is 0 Å². The Balaban J connectivity index is 0.981. The second-order valence-corrected chi connectivity index (χ2v) is 18.9. The Morgan fingerprint density at radius 1 is 0.312 bits per heavy atom. The van der Waals surface area contributed by atoms with Crippen molar-refractivity contribution in [3.8, 4) is 33.4 Å². The fourth-order valence-corrected chi connectivity index (χ4v) is 12.9. The Morgan fingerprint density at radius 2 is 0.812 bits per heavy atom. The van der Waals surface area contributed by atoms with E-state index in [9.17, 15) is 0 Å². The predicted molar refractivity (Wildman–Crippen MR) is 276 cm³/mol. The molecule has 0 unspecified atom stereocenters. The summed E-state index contributed by atoms with van der Waals surface area (Å²) in [5.74, 6) is 0. The second-order valence-electron chi connectivity index (χ2n) is 16.7. The van der Waals surface area contributed by atoms with Crippen LogP contribution < -0.4 is 21.3 Å². The van der Waals surface area contributed by atoms with Crippen molar-refractivity contribution in [2.75, 3.05) is 4.90 Å². The molecule has 0 N–H and O–H groups in total. The van der Waals surface area contributed by atoms with E-state index in [0.29, 0.717) is 0 Å². The summed E-state index contributed by atoms with van der Waals surface area (Å²) in [7, 11) is 0. The maximum Gasteiger partial charge on any atom is 0.247 e. The number of benzene rings is 11. The predicted octanol–water partition coefficient (Wildman–Crippen LogP) is 15.1. The SMILES string of the molecule is c1ccc(N(c2ccccc2)c2ccc3c(c2)Sc2cc(-c4c5ccccc5c(-c5ccc(-c6cccc7ccccc67)cc5)c5ccccc45)cc4c2B3c2ccccc2S4)cc1. The van der Waals surface area contributed by atoms with Gasteiger partial charge < -0.3 is 4.90 Å². The van der Waals surface area contributed by atoms with Gasteiger partial charge in [-0.25, -0.2) is 0 Å². The zero-order valence-corrected chi connectivity index (χ0v) is 36.4. The molecule has 4 heteroatoms. The largest absolute Gasteiger partial charge is 0.310 e. The highest BCUT2D eigenvalue weighted by atomic mass is 32.2. The highest BCUT2D eigenvalue weighted by Gasteiger charge is 2.39. The monoisotopic (exact) mass is 847 g/mol. The molecule has 13 rings (SSSR count). The summed E-state index contributed by atoms with van der Waals surface area (Å²) in [6, 6.07) is 85.2. The van der Waals surface area contributed by atoms with Gasteiger partial charge in [-0.15, -0.1) is 0 Å². The molecule has 2 aliphatic heterocycles. The molecule has 0 aliphatic carbocycles. The van der Waals surface area contributed by atoms with Crippen molar-refractivity contribution < 1.29 is 0 Å². The van der Waals surface area contributed by atoms with E-state index >= 15 is 0 Å². The quantitative estimate of drug-likeness (QED) is 0.121. The standard InChI is InChI=1S/C60H38BNS2/c1-3-18-43(19-4-1)62(44-20-5-2-6-21-44)45-34-35-53-55(38-45)64-57-37-42(36-56-60(57)61(53)52-28-13-14-29-54(52)63-56)59-50-25-11-9-23-48(50)58(49-24-10-12-26-51(49)59)41-32-30-40(31-33-41)47-27-15-17-39-16-7-8-22-46(39)47/h1-38H. The molecule has 0 saturated heterocycles. The van der Waals surface area contributed by atoms with Crippen LogP contribution in [0.25, 0.3) is 65.7 Å². The van der Waals surface area contributed by atoms with Gasteiger partial charge in [-0.1, -0.05) is 210 Å². The van der Waals surface area contributed by atoms with E-state index in [2.05, 4.69) is 235 Å². The normalized spacial score (nSPS) is 12.5. The van der Waals surface area contributed by atoms with E-state index in [4.69, 9.17) is 0 Å². The third-order valence-electron chi connectivity index (χ3n) is 13.2. The van der Waals surface area contributed by atoms with Crippen molar-refractivity contribution in [1.29, 1.82) is 0 Å². The van der Waals surface area contributed by atoms with Gasteiger partial charge in [0, 0.05) is 36.6 Å². The summed E-state index contributed by atoms with van der Waals surface area (Å²) in [6.07, 6.45) is 0. The average molecular weight is 848 g/mol.